The van der Waals surface area contributed by atoms with E-state index in [9.17, 15) is 22.6 Å². The molecule has 5 rings (SSSR count). The van der Waals surface area contributed by atoms with Gasteiger partial charge in [-0.25, -0.2) is 13.5 Å². The van der Waals surface area contributed by atoms with Crippen molar-refractivity contribution in [1.82, 2.24) is 13.9 Å². The van der Waals surface area contributed by atoms with E-state index in [-0.39, 0.29) is 22.5 Å². The summed E-state index contributed by atoms with van der Waals surface area (Å²) in [6, 6.07) is 10.5. The minimum absolute atomic E-state index is 0.0488. The summed E-state index contributed by atoms with van der Waals surface area (Å²) in [5.41, 5.74) is 0.982. The van der Waals surface area contributed by atoms with Crippen LogP contribution in [-0.4, -0.2) is 30.7 Å². The maximum atomic E-state index is 13.4. The molecule has 35 heavy (non-hydrogen) atoms. The molecule has 0 bridgehead atoms. The fraction of sp³-hybridized carbons (Fsp3) is 0.462. The number of aromatic nitrogens is 2. The molecule has 184 valence electrons. The van der Waals surface area contributed by atoms with Gasteiger partial charge in [-0.15, -0.1) is 0 Å². The van der Waals surface area contributed by atoms with Crippen LogP contribution in [0.4, 0.5) is 13.2 Å². The van der Waals surface area contributed by atoms with Crippen molar-refractivity contribution in [2.24, 2.45) is 0 Å². The zero-order chi connectivity index (χ0) is 25.0. The van der Waals surface area contributed by atoms with Gasteiger partial charge in [0.15, 0.2) is 0 Å². The Morgan fingerprint density at radius 3 is 2.40 bits per heavy atom. The lowest BCUT2D eigenvalue weighted by molar-refractivity contribution is -0.137. The van der Waals surface area contributed by atoms with Crippen LogP contribution in [0.2, 0.25) is 0 Å². The first kappa shape index (κ1) is 24.0. The molecule has 0 amide bonds. The Hall–Kier alpha value is -2.70. The van der Waals surface area contributed by atoms with Gasteiger partial charge in [-0.3, -0.25) is 0 Å². The molecule has 1 aromatic carbocycles. The number of fused-ring (bicyclic) bond motifs is 1. The van der Waals surface area contributed by atoms with E-state index in [1.807, 2.05) is 28.1 Å². The summed E-state index contributed by atoms with van der Waals surface area (Å²) < 4.78 is 57.2. The van der Waals surface area contributed by atoms with Gasteiger partial charge in [0.25, 0.3) is 0 Å². The summed E-state index contributed by atoms with van der Waals surface area (Å²) in [7, 11) is 0.537. The molecule has 5 nitrogen and oxygen atoms in total. The maximum absolute atomic E-state index is 13.4. The molecule has 0 radical (unpaired) electrons. The second-order valence-corrected chi connectivity index (χ2v) is 11.4. The standard InChI is InChI=1S/C26H27F3N4OS/c1-25(12-13-25)32(2)35(34)20-10-8-17(9-11-20)23-22(15-30)21-14-18(26(27,28)29)16-31-24(21)33(23)19-6-4-3-5-7-19/h8-11,14,16,19H,3-7,12-13H2,1-2H3. The highest BCUT2D eigenvalue weighted by Crippen LogP contribution is 2.43. The highest BCUT2D eigenvalue weighted by molar-refractivity contribution is 7.82. The van der Waals surface area contributed by atoms with Gasteiger partial charge in [-0.1, -0.05) is 31.4 Å². The van der Waals surface area contributed by atoms with Crippen molar-refractivity contribution in [3.8, 4) is 17.3 Å². The van der Waals surface area contributed by atoms with Gasteiger partial charge in [0.1, 0.15) is 22.7 Å². The zero-order valence-corrected chi connectivity index (χ0v) is 20.5. The van der Waals surface area contributed by atoms with Crippen LogP contribution in [0.3, 0.4) is 0 Å². The van der Waals surface area contributed by atoms with Crippen molar-refractivity contribution in [2.45, 2.75) is 74.5 Å². The van der Waals surface area contributed by atoms with E-state index in [1.165, 1.54) is 0 Å². The first-order valence-corrected chi connectivity index (χ1v) is 13.0. The molecule has 1 atom stereocenters. The quantitative estimate of drug-likeness (QED) is 0.396. The van der Waals surface area contributed by atoms with Gasteiger partial charge in [-0.2, -0.15) is 18.4 Å². The van der Waals surface area contributed by atoms with Crippen LogP contribution in [0, 0.1) is 11.3 Å². The molecule has 9 heteroatoms. The molecule has 2 fully saturated rings. The largest absolute Gasteiger partial charge is 0.417 e. The third-order valence-corrected chi connectivity index (χ3v) is 9.15. The van der Waals surface area contributed by atoms with Crippen LogP contribution in [0.25, 0.3) is 22.3 Å². The van der Waals surface area contributed by atoms with Crippen LogP contribution in [0.15, 0.2) is 41.4 Å². The Bertz CT molecular complexity index is 1330. The van der Waals surface area contributed by atoms with Crippen LogP contribution < -0.4 is 0 Å². The van der Waals surface area contributed by atoms with E-state index in [4.69, 9.17) is 0 Å². The molecule has 2 saturated carbocycles. The van der Waals surface area contributed by atoms with Crippen molar-refractivity contribution in [2.75, 3.05) is 7.05 Å². The molecule has 0 aliphatic heterocycles. The number of hydrogen-bond acceptors (Lipinski definition) is 3. The summed E-state index contributed by atoms with van der Waals surface area (Å²) in [4.78, 5) is 4.87. The maximum Gasteiger partial charge on any atom is 0.417 e. The van der Waals surface area contributed by atoms with Gasteiger partial charge in [0.05, 0.1) is 21.7 Å². The fourth-order valence-electron chi connectivity index (χ4n) is 5.02. The SMILES string of the molecule is CN(S(=O)c1ccc(-c2c(C#N)c3cc(C(F)(F)F)cnc3n2C2CCCCC2)cc1)C1(C)CC1. The lowest BCUT2D eigenvalue weighted by Crippen LogP contribution is -2.32. The predicted octanol–water partition coefficient (Wildman–Crippen LogP) is 6.61. The van der Waals surface area contributed by atoms with E-state index >= 15 is 0 Å². The fourth-order valence-corrected chi connectivity index (χ4v) is 6.29. The Kier molecular flexibility index (Phi) is 6.01. The van der Waals surface area contributed by atoms with E-state index < -0.39 is 22.7 Å². The number of benzene rings is 1. The molecule has 0 saturated heterocycles. The molecule has 2 aliphatic rings. The smallest absolute Gasteiger partial charge is 0.321 e. The second kappa shape index (κ2) is 8.75. The Morgan fingerprint density at radius 1 is 1.17 bits per heavy atom. The summed E-state index contributed by atoms with van der Waals surface area (Å²) >= 11 is 0. The minimum Gasteiger partial charge on any atom is -0.321 e. The minimum atomic E-state index is -4.54. The van der Waals surface area contributed by atoms with Crippen molar-refractivity contribution in [1.29, 1.82) is 5.26 Å². The third kappa shape index (κ3) is 4.27. The van der Waals surface area contributed by atoms with E-state index in [1.54, 1.807) is 12.1 Å². The molecule has 2 aromatic heterocycles. The van der Waals surface area contributed by atoms with Crippen molar-refractivity contribution < 1.29 is 17.4 Å². The Labute approximate surface area is 205 Å². The molecule has 3 aromatic rings. The van der Waals surface area contributed by atoms with Gasteiger partial charge in [0, 0.05) is 30.2 Å². The van der Waals surface area contributed by atoms with Crippen LogP contribution >= 0.6 is 0 Å². The average Bonchev–Trinajstić information content (AvgIpc) is 3.52. The number of pyridine rings is 1. The highest BCUT2D eigenvalue weighted by atomic mass is 32.2. The lowest BCUT2D eigenvalue weighted by Gasteiger charge is -2.26. The molecular weight excluding hydrogens is 473 g/mol. The van der Waals surface area contributed by atoms with Gasteiger partial charge in [0.2, 0.25) is 0 Å². The number of rotatable bonds is 5. The van der Waals surface area contributed by atoms with Gasteiger partial charge < -0.3 is 4.57 Å². The Morgan fingerprint density at radius 2 is 1.83 bits per heavy atom. The number of hydrogen-bond donors (Lipinski definition) is 0. The van der Waals surface area contributed by atoms with Gasteiger partial charge in [-0.05, 0) is 56.4 Å². The average molecular weight is 501 g/mol. The molecular formula is C26H27F3N4OS. The third-order valence-electron chi connectivity index (χ3n) is 7.53. The van der Waals surface area contributed by atoms with E-state index in [0.717, 1.165) is 57.2 Å². The van der Waals surface area contributed by atoms with Crippen molar-refractivity contribution >= 4 is 22.0 Å². The monoisotopic (exact) mass is 500 g/mol. The number of alkyl halides is 3. The Balaban J connectivity index is 1.64. The number of halogens is 3. The topological polar surface area (TPSA) is 61.9 Å². The number of nitrogens with zero attached hydrogens (tertiary/aromatic N) is 4. The van der Waals surface area contributed by atoms with Crippen LogP contribution in [0.5, 0.6) is 0 Å². The predicted molar refractivity (Wildman–Crippen MR) is 129 cm³/mol. The van der Waals surface area contributed by atoms with Crippen molar-refractivity contribution in [3.63, 3.8) is 0 Å². The van der Waals surface area contributed by atoms with E-state index in [0.29, 0.717) is 21.8 Å². The first-order valence-electron chi connectivity index (χ1n) is 11.9. The van der Waals surface area contributed by atoms with Crippen LogP contribution in [-0.2, 0) is 17.2 Å². The zero-order valence-electron chi connectivity index (χ0n) is 19.7. The molecule has 1 unspecified atom stereocenters. The molecule has 0 N–H and O–H groups in total. The number of nitriles is 1. The molecule has 0 spiro atoms. The lowest BCUT2D eigenvalue weighted by atomic mass is 9.94. The molecule has 2 heterocycles. The van der Waals surface area contributed by atoms with Gasteiger partial charge >= 0.3 is 6.18 Å². The summed E-state index contributed by atoms with van der Waals surface area (Å²) in [6.07, 6.45) is 3.26. The first-order chi connectivity index (χ1) is 16.6. The summed E-state index contributed by atoms with van der Waals surface area (Å²) in [5, 5.41) is 10.3. The van der Waals surface area contributed by atoms with E-state index in [2.05, 4.69) is 18.0 Å². The van der Waals surface area contributed by atoms with Crippen LogP contribution in [0.1, 0.15) is 69.0 Å². The highest BCUT2D eigenvalue weighted by Gasteiger charge is 2.44. The molecule has 2 aliphatic carbocycles. The second-order valence-electron chi connectivity index (χ2n) is 9.86. The van der Waals surface area contributed by atoms with Crippen molar-refractivity contribution in [3.05, 3.63) is 47.7 Å². The summed E-state index contributed by atoms with van der Waals surface area (Å²) in [6.45, 7) is 2.09. The normalized spacial score (nSPS) is 19.1. The summed E-state index contributed by atoms with van der Waals surface area (Å²) in [5.74, 6) is 0.